The fraction of sp³-hybridized carbons (Fsp3) is 0.217. The van der Waals surface area contributed by atoms with Crippen LogP contribution in [0.25, 0.3) is 22.4 Å². The first kappa shape index (κ1) is 18.2. The van der Waals surface area contributed by atoms with Gasteiger partial charge in [0.2, 0.25) is 0 Å². The summed E-state index contributed by atoms with van der Waals surface area (Å²) in [6.07, 6.45) is 2.90. The molecule has 142 valence electrons. The first-order valence-electron chi connectivity index (χ1n) is 9.57. The van der Waals surface area contributed by atoms with Gasteiger partial charge in [-0.25, -0.2) is 4.98 Å². The van der Waals surface area contributed by atoms with Gasteiger partial charge in [-0.05, 0) is 71.8 Å². The van der Waals surface area contributed by atoms with Crippen molar-refractivity contribution >= 4 is 5.91 Å². The van der Waals surface area contributed by atoms with Crippen molar-refractivity contribution in [2.24, 2.45) is 5.73 Å². The lowest BCUT2D eigenvalue weighted by molar-refractivity contribution is 0.0950. The average Bonchev–Trinajstić information content (AvgIpc) is 2.91. The second-order valence-corrected chi connectivity index (χ2v) is 6.98. The third-order valence-electron chi connectivity index (χ3n) is 5.11. The van der Waals surface area contributed by atoms with Crippen LogP contribution in [0.2, 0.25) is 0 Å². The van der Waals surface area contributed by atoms with E-state index in [9.17, 15) is 9.90 Å². The molecule has 28 heavy (non-hydrogen) atoms. The van der Waals surface area contributed by atoms with E-state index in [0.717, 1.165) is 47.2 Å². The number of rotatable bonds is 4. The molecule has 2 aromatic carbocycles. The van der Waals surface area contributed by atoms with Crippen molar-refractivity contribution < 1.29 is 9.90 Å². The number of aromatic nitrogens is 1. The predicted octanol–water partition coefficient (Wildman–Crippen LogP) is 3.30. The van der Waals surface area contributed by atoms with Crippen molar-refractivity contribution in [1.82, 2.24) is 10.3 Å². The maximum absolute atomic E-state index is 12.7. The van der Waals surface area contributed by atoms with Crippen LogP contribution in [-0.2, 0) is 12.8 Å². The second-order valence-electron chi connectivity index (χ2n) is 6.98. The number of hydrogen-bond acceptors (Lipinski definition) is 4. The van der Waals surface area contributed by atoms with E-state index < -0.39 is 0 Å². The number of nitrogens with one attached hydrogen (secondary N) is 1. The minimum absolute atomic E-state index is 0.206. The summed E-state index contributed by atoms with van der Waals surface area (Å²) < 4.78 is 0. The topological polar surface area (TPSA) is 88.2 Å². The minimum atomic E-state index is -0.227. The third kappa shape index (κ3) is 3.49. The van der Waals surface area contributed by atoms with E-state index in [2.05, 4.69) is 23.5 Å². The van der Waals surface area contributed by atoms with E-state index in [1.54, 1.807) is 12.1 Å². The van der Waals surface area contributed by atoms with Crippen molar-refractivity contribution in [3.8, 4) is 28.1 Å². The summed E-state index contributed by atoms with van der Waals surface area (Å²) in [5.74, 6) is -0.0213. The molecule has 0 unspecified atom stereocenters. The van der Waals surface area contributed by atoms with Crippen LogP contribution in [0.1, 0.15) is 28.0 Å². The van der Waals surface area contributed by atoms with E-state index in [4.69, 9.17) is 10.7 Å². The van der Waals surface area contributed by atoms with Gasteiger partial charge in [-0.15, -0.1) is 0 Å². The molecule has 4 rings (SSSR count). The molecule has 0 saturated heterocycles. The average molecular weight is 373 g/mol. The van der Waals surface area contributed by atoms with Crippen LogP contribution in [0.4, 0.5) is 0 Å². The molecule has 1 aromatic heterocycles. The lowest BCUT2D eigenvalue weighted by Gasteiger charge is -2.16. The summed E-state index contributed by atoms with van der Waals surface area (Å²) in [5, 5.41) is 12.5. The van der Waals surface area contributed by atoms with Gasteiger partial charge in [-0.2, -0.15) is 0 Å². The zero-order valence-electron chi connectivity index (χ0n) is 15.6. The molecule has 0 aliphatic heterocycles. The quantitative estimate of drug-likeness (QED) is 0.655. The number of aryl methyl sites for hydroxylation is 1. The van der Waals surface area contributed by atoms with Gasteiger partial charge in [0.25, 0.3) is 5.91 Å². The van der Waals surface area contributed by atoms with Crippen molar-refractivity contribution in [2.75, 3.05) is 13.1 Å². The molecule has 5 nitrogen and oxygen atoms in total. The fourth-order valence-electron chi connectivity index (χ4n) is 3.77. The smallest absolute Gasteiger partial charge is 0.269 e. The number of aromatic hydroxyl groups is 1. The van der Waals surface area contributed by atoms with Gasteiger partial charge in [0.1, 0.15) is 11.4 Å². The van der Waals surface area contributed by atoms with Gasteiger partial charge in [-0.1, -0.05) is 24.3 Å². The van der Waals surface area contributed by atoms with Gasteiger partial charge in [-0.3, -0.25) is 4.79 Å². The monoisotopic (exact) mass is 373 g/mol. The molecule has 0 saturated carbocycles. The number of nitrogens with two attached hydrogens (primary N) is 1. The normalized spacial score (nSPS) is 12.6. The Hall–Kier alpha value is -3.18. The van der Waals surface area contributed by atoms with Gasteiger partial charge >= 0.3 is 0 Å². The summed E-state index contributed by atoms with van der Waals surface area (Å²) in [6, 6.07) is 17.2. The highest BCUT2D eigenvalue weighted by atomic mass is 16.3. The summed E-state index contributed by atoms with van der Waals surface area (Å²) in [4.78, 5) is 17.4. The van der Waals surface area contributed by atoms with Crippen molar-refractivity contribution in [3.05, 3.63) is 71.4 Å². The summed E-state index contributed by atoms with van der Waals surface area (Å²) >= 11 is 0. The molecule has 1 heterocycles. The highest BCUT2D eigenvalue weighted by Crippen LogP contribution is 2.37. The molecule has 0 bridgehead atoms. The van der Waals surface area contributed by atoms with Crippen molar-refractivity contribution in [3.63, 3.8) is 0 Å². The number of nitrogens with zero attached hydrogens (tertiary/aromatic N) is 1. The largest absolute Gasteiger partial charge is 0.508 e. The number of carbonyl (C=O) groups is 1. The number of benzene rings is 2. The Morgan fingerprint density at radius 1 is 1.07 bits per heavy atom. The summed E-state index contributed by atoms with van der Waals surface area (Å²) in [5.41, 5.74) is 12.2. The van der Waals surface area contributed by atoms with Gasteiger partial charge in [0.15, 0.2) is 0 Å². The number of phenolic OH excluding ortho intramolecular Hbond substituents is 1. The number of pyridine rings is 1. The maximum atomic E-state index is 12.7. The number of phenols is 1. The van der Waals surface area contributed by atoms with Crippen LogP contribution in [0.5, 0.6) is 5.75 Å². The molecular formula is C23H23N3O2. The molecule has 1 aliphatic rings. The molecule has 0 spiro atoms. The molecule has 4 N–H and O–H groups in total. The first-order chi connectivity index (χ1) is 13.7. The number of amides is 1. The molecule has 3 aromatic rings. The van der Waals surface area contributed by atoms with E-state index in [-0.39, 0.29) is 11.7 Å². The standard InChI is InChI=1S/C23H23N3O2/c24-12-13-25-23(28)21-14-20-18-6-2-1-4-15(18)5-3-7-19(20)22(26-21)16-8-10-17(27)11-9-16/h1-2,4,6,8-11,14,27H,3,5,7,12-13,24H2,(H,25,28). The van der Waals surface area contributed by atoms with Crippen LogP contribution < -0.4 is 11.1 Å². The van der Waals surface area contributed by atoms with E-state index >= 15 is 0 Å². The van der Waals surface area contributed by atoms with E-state index in [0.29, 0.717) is 18.8 Å². The Bertz CT molecular complexity index is 1010. The molecule has 0 fully saturated rings. The SMILES string of the molecule is NCCNC(=O)c1cc2c(c(-c3ccc(O)cc3)n1)CCCc1ccccc1-2. The maximum Gasteiger partial charge on any atom is 0.269 e. The lowest BCUT2D eigenvalue weighted by atomic mass is 9.93. The van der Waals surface area contributed by atoms with Crippen LogP contribution >= 0.6 is 0 Å². The Labute approximate surface area is 164 Å². The Morgan fingerprint density at radius 3 is 2.64 bits per heavy atom. The van der Waals surface area contributed by atoms with Gasteiger partial charge in [0, 0.05) is 18.7 Å². The lowest BCUT2D eigenvalue weighted by Crippen LogP contribution is -2.29. The fourth-order valence-corrected chi connectivity index (χ4v) is 3.77. The van der Waals surface area contributed by atoms with Crippen LogP contribution in [0.3, 0.4) is 0 Å². The highest BCUT2D eigenvalue weighted by molar-refractivity contribution is 5.95. The zero-order chi connectivity index (χ0) is 19.5. The molecule has 0 radical (unpaired) electrons. The number of carbonyl (C=O) groups excluding carboxylic acids is 1. The van der Waals surface area contributed by atoms with Crippen molar-refractivity contribution in [2.45, 2.75) is 19.3 Å². The van der Waals surface area contributed by atoms with Crippen LogP contribution in [0, 0.1) is 0 Å². The second kappa shape index (κ2) is 7.82. The molecule has 0 atom stereocenters. The number of fused-ring (bicyclic) bond motifs is 3. The predicted molar refractivity (Wildman–Crippen MR) is 110 cm³/mol. The first-order valence-corrected chi connectivity index (χ1v) is 9.57. The van der Waals surface area contributed by atoms with Gasteiger partial charge in [0.05, 0.1) is 5.69 Å². The third-order valence-corrected chi connectivity index (χ3v) is 5.11. The van der Waals surface area contributed by atoms with Crippen LogP contribution in [0.15, 0.2) is 54.6 Å². The molecular weight excluding hydrogens is 350 g/mol. The Balaban J connectivity index is 1.93. The van der Waals surface area contributed by atoms with E-state index in [1.165, 1.54) is 5.56 Å². The summed E-state index contributed by atoms with van der Waals surface area (Å²) in [7, 11) is 0. The summed E-state index contributed by atoms with van der Waals surface area (Å²) in [6.45, 7) is 0.785. The van der Waals surface area contributed by atoms with Gasteiger partial charge < -0.3 is 16.2 Å². The highest BCUT2D eigenvalue weighted by Gasteiger charge is 2.22. The van der Waals surface area contributed by atoms with Crippen molar-refractivity contribution in [1.29, 1.82) is 0 Å². The molecule has 5 heteroatoms. The molecule has 1 amide bonds. The number of hydrogen-bond donors (Lipinski definition) is 3. The van der Waals surface area contributed by atoms with E-state index in [1.807, 2.05) is 24.3 Å². The Kier molecular flexibility index (Phi) is 5.08. The van der Waals surface area contributed by atoms with Crippen LogP contribution in [-0.4, -0.2) is 29.1 Å². The Morgan fingerprint density at radius 2 is 1.86 bits per heavy atom. The molecule has 1 aliphatic carbocycles. The zero-order valence-corrected chi connectivity index (χ0v) is 15.6. The minimum Gasteiger partial charge on any atom is -0.508 e.